The van der Waals surface area contributed by atoms with Crippen LogP contribution in [0.3, 0.4) is 0 Å². The Balaban J connectivity index is 3.07. The van der Waals surface area contributed by atoms with Crippen LogP contribution in [0.4, 0.5) is 0 Å². The molecule has 0 aliphatic rings. The van der Waals surface area contributed by atoms with Crippen LogP contribution in [-0.4, -0.2) is 50.3 Å². The van der Waals surface area contributed by atoms with E-state index in [2.05, 4.69) is 9.47 Å². The van der Waals surface area contributed by atoms with E-state index in [1.54, 1.807) is 31.2 Å². The van der Waals surface area contributed by atoms with Crippen molar-refractivity contribution in [3.8, 4) is 5.75 Å². The molecule has 0 saturated heterocycles. The van der Waals surface area contributed by atoms with Crippen LogP contribution in [0.15, 0.2) is 24.3 Å². The average molecular weight is 324 g/mol. The fourth-order valence-corrected chi connectivity index (χ4v) is 2.11. The van der Waals surface area contributed by atoms with E-state index in [0.717, 1.165) is 14.2 Å². The molecule has 23 heavy (non-hydrogen) atoms. The number of aliphatic hydroxyl groups excluding tert-OH is 1. The van der Waals surface area contributed by atoms with Gasteiger partial charge in [-0.25, -0.2) is 4.79 Å². The number of benzene rings is 1. The van der Waals surface area contributed by atoms with E-state index < -0.39 is 35.7 Å². The fourth-order valence-electron chi connectivity index (χ4n) is 2.11. The molecule has 0 aliphatic carbocycles. The van der Waals surface area contributed by atoms with Gasteiger partial charge in [0.2, 0.25) is 0 Å². The van der Waals surface area contributed by atoms with Gasteiger partial charge in [0.25, 0.3) is 0 Å². The van der Waals surface area contributed by atoms with Crippen LogP contribution >= 0.6 is 0 Å². The minimum atomic E-state index is -1.92. The predicted octanol–water partition coefficient (Wildman–Crippen LogP) is 0.691. The van der Waals surface area contributed by atoms with Gasteiger partial charge in [0.05, 0.1) is 21.3 Å². The largest absolute Gasteiger partial charge is 0.497 e. The van der Waals surface area contributed by atoms with E-state index in [9.17, 15) is 19.5 Å². The Hall–Kier alpha value is -2.41. The summed E-state index contributed by atoms with van der Waals surface area (Å²) < 4.78 is 13.9. The van der Waals surface area contributed by atoms with Crippen molar-refractivity contribution in [3.63, 3.8) is 0 Å². The number of hydrogen-bond donors (Lipinski definition) is 1. The lowest BCUT2D eigenvalue weighted by molar-refractivity contribution is -0.166. The van der Waals surface area contributed by atoms with E-state index in [1.165, 1.54) is 7.11 Å². The van der Waals surface area contributed by atoms with E-state index in [1.807, 2.05) is 0 Å². The van der Waals surface area contributed by atoms with E-state index in [-0.39, 0.29) is 0 Å². The average Bonchev–Trinajstić information content (AvgIpc) is 2.59. The summed E-state index contributed by atoms with van der Waals surface area (Å²) in [4.78, 5) is 35.9. The zero-order valence-corrected chi connectivity index (χ0v) is 13.4. The zero-order valence-electron chi connectivity index (χ0n) is 13.4. The number of aliphatic hydroxyl groups is 1. The van der Waals surface area contributed by atoms with Crippen molar-refractivity contribution in [1.82, 2.24) is 0 Å². The summed E-state index contributed by atoms with van der Waals surface area (Å²) in [6.45, 7) is 1.57. The molecule has 7 heteroatoms. The smallest absolute Gasteiger partial charge is 0.336 e. The maximum atomic E-state index is 12.6. The Morgan fingerprint density at radius 1 is 0.957 bits per heavy atom. The number of esters is 2. The molecule has 126 valence electrons. The minimum absolute atomic E-state index is 0.613. The van der Waals surface area contributed by atoms with Gasteiger partial charge in [0.15, 0.2) is 17.8 Å². The number of hydrogen-bond acceptors (Lipinski definition) is 7. The summed E-state index contributed by atoms with van der Waals surface area (Å²) >= 11 is 0. The highest BCUT2D eigenvalue weighted by atomic mass is 16.5. The summed E-state index contributed by atoms with van der Waals surface area (Å²) in [6, 6.07) is 6.67. The number of carbonyl (C=O) groups is 3. The van der Waals surface area contributed by atoms with E-state index in [0.29, 0.717) is 11.3 Å². The summed E-state index contributed by atoms with van der Waals surface area (Å²) in [5.74, 6) is -4.47. The number of ketones is 1. The number of carbonyl (C=O) groups excluding carboxylic acids is 3. The summed E-state index contributed by atoms with van der Waals surface area (Å²) in [5, 5.41) is 9.91. The van der Waals surface area contributed by atoms with Crippen molar-refractivity contribution in [3.05, 3.63) is 29.8 Å². The maximum absolute atomic E-state index is 12.6. The number of Topliss-reactive ketones (excluding diaryl/α,β-unsaturated/α-hetero) is 1. The highest BCUT2D eigenvalue weighted by Crippen LogP contribution is 2.25. The van der Waals surface area contributed by atoms with Gasteiger partial charge in [0.1, 0.15) is 5.75 Å². The first-order valence-corrected chi connectivity index (χ1v) is 6.88. The molecule has 0 spiro atoms. The van der Waals surface area contributed by atoms with Crippen molar-refractivity contribution in [1.29, 1.82) is 0 Å². The molecule has 0 bridgehead atoms. The van der Waals surface area contributed by atoms with Crippen LogP contribution < -0.4 is 4.74 Å². The van der Waals surface area contributed by atoms with Gasteiger partial charge in [-0.05, 0) is 17.7 Å². The Bertz CT molecular complexity index is 564. The van der Waals surface area contributed by atoms with Crippen molar-refractivity contribution >= 4 is 17.7 Å². The molecular weight excluding hydrogens is 304 g/mol. The monoisotopic (exact) mass is 324 g/mol. The first-order valence-electron chi connectivity index (χ1n) is 6.88. The second-order valence-corrected chi connectivity index (χ2v) is 4.87. The molecule has 7 nitrogen and oxygen atoms in total. The summed E-state index contributed by atoms with van der Waals surface area (Å²) in [7, 11) is 3.64. The predicted molar refractivity (Wildman–Crippen MR) is 79.9 cm³/mol. The number of ether oxygens (including phenoxy) is 3. The van der Waals surface area contributed by atoms with Crippen molar-refractivity contribution < 1.29 is 33.7 Å². The Labute approximate surface area is 134 Å². The van der Waals surface area contributed by atoms with Crippen LogP contribution in [0.5, 0.6) is 5.75 Å². The second-order valence-electron chi connectivity index (χ2n) is 4.87. The molecule has 0 fully saturated rings. The first-order chi connectivity index (χ1) is 10.9. The normalized spacial score (nSPS) is 14.3. The van der Waals surface area contributed by atoms with E-state index in [4.69, 9.17) is 4.74 Å². The lowest BCUT2D eigenvalue weighted by atomic mass is 9.85. The molecule has 3 atom stereocenters. The van der Waals surface area contributed by atoms with Crippen LogP contribution in [0.2, 0.25) is 0 Å². The Kier molecular flexibility index (Phi) is 6.71. The van der Waals surface area contributed by atoms with Crippen LogP contribution in [-0.2, 0) is 23.9 Å². The number of rotatable bonds is 7. The lowest BCUT2D eigenvalue weighted by Crippen LogP contribution is -2.43. The van der Waals surface area contributed by atoms with Crippen molar-refractivity contribution in [2.24, 2.45) is 5.92 Å². The van der Waals surface area contributed by atoms with Gasteiger partial charge in [-0.1, -0.05) is 19.1 Å². The highest BCUT2D eigenvalue weighted by Gasteiger charge is 2.41. The van der Waals surface area contributed by atoms with Gasteiger partial charge in [-0.2, -0.15) is 0 Å². The molecule has 1 aromatic carbocycles. The van der Waals surface area contributed by atoms with Crippen LogP contribution in [0.1, 0.15) is 18.4 Å². The standard InChI is InChI=1S/C16H20O7/c1-9(10-5-7-11(21-2)8-6-10)13(17)12(15(19)22-3)14(18)16(20)23-4/h5-9,12,14,18H,1-4H3. The van der Waals surface area contributed by atoms with Crippen LogP contribution in [0, 0.1) is 5.92 Å². The lowest BCUT2D eigenvalue weighted by Gasteiger charge is -2.21. The molecular formula is C16H20O7. The second kappa shape index (κ2) is 8.28. The molecule has 1 aromatic rings. The fraction of sp³-hybridized carbons (Fsp3) is 0.438. The topological polar surface area (TPSA) is 99.1 Å². The third-order valence-corrected chi connectivity index (χ3v) is 3.56. The Morgan fingerprint density at radius 3 is 1.91 bits per heavy atom. The molecule has 0 radical (unpaired) electrons. The van der Waals surface area contributed by atoms with E-state index >= 15 is 0 Å². The molecule has 0 heterocycles. The minimum Gasteiger partial charge on any atom is -0.497 e. The van der Waals surface area contributed by atoms with Gasteiger partial charge in [0, 0.05) is 5.92 Å². The SMILES string of the molecule is COC(=O)C(O)C(C(=O)OC)C(=O)C(C)c1ccc(OC)cc1. The van der Waals surface area contributed by atoms with Gasteiger partial charge in [-0.15, -0.1) is 0 Å². The third-order valence-electron chi connectivity index (χ3n) is 3.56. The molecule has 3 unspecified atom stereocenters. The summed E-state index contributed by atoms with van der Waals surface area (Å²) in [6.07, 6.45) is -1.92. The molecule has 0 saturated carbocycles. The maximum Gasteiger partial charge on any atom is 0.336 e. The van der Waals surface area contributed by atoms with Crippen LogP contribution in [0.25, 0.3) is 0 Å². The molecule has 0 aliphatic heterocycles. The molecule has 1 N–H and O–H groups in total. The molecule has 0 aromatic heterocycles. The third kappa shape index (κ3) is 4.29. The van der Waals surface area contributed by atoms with Gasteiger partial charge < -0.3 is 19.3 Å². The highest BCUT2D eigenvalue weighted by molar-refractivity contribution is 6.05. The van der Waals surface area contributed by atoms with Crippen molar-refractivity contribution in [2.75, 3.05) is 21.3 Å². The zero-order chi connectivity index (χ0) is 17.6. The summed E-state index contributed by atoms with van der Waals surface area (Å²) in [5.41, 5.74) is 0.613. The number of methoxy groups -OCH3 is 3. The first kappa shape index (κ1) is 18.6. The van der Waals surface area contributed by atoms with Gasteiger partial charge >= 0.3 is 11.9 Å². The van der Waals surface area contributed by atoms with Crippen molar-refractivity contribution in [2.45, 2.75) is 18.9 Å². The quantitative estimate of drug-likeness (QED) is 0.582. The molecule has 0 amide bonds. The van der Waals surface area contributed by atoms with Gasteiger partial charge in [-0.3, -0.25) is 9.59 Å². The Morgan fingerprint density at radius 2 is 1.48 bits per heavy atom. The molecule has 1 rings (SSSR count).